The van der Waals surface area contributed by atoms with Gasteiger partial charge in [-0.2, -0.15) is 0 Å². The van der Waals surface area contributed by atoms with Gasteiger partial charge in [0.25, 0.3) is 0 Å². The normalized spacial score (nSPS) is 12.1. The van der Waals surface area contributed by atoms with Crippen LogP contribution in [0, 0.1) is 0 Å². The Hall–Kier alpha value is -2.36. The molecule has 0 saturated carbocycles. The lowest BCUT2D eigenvalue weighted by Crippen LogP contribution is -2.42. The molecule has 2 N–H and O–H groups in total. The number of carbonyl (C=O) groups excluding carboxylic acids is 1. The van der Waals surface area contributed by atoms with Crippen LogP contribution in [-0.4, -0.2) is 23.0 Å². The van der Waals surface area contributed by atoms with E-state index in [1.807, 2.05) is 42.5 Å². The van der Waals surface area contributed by atoms with Crippen LogP contribution >= 0.6 is 0 Å². The monoisotopic (exact) mass is 271 g/mol. The predicted molar refractivity (Wildman–Crippen MR) is 77.5 cm³/mol. The van der Waals surface area contributed by atoms with E-state index in [0.29, 0.717) is 0 Å². The molecule has 0 aliphatic carbocycles. The fourth-order valence-corrected chi connectivity index (χ4v) is 2.19. The highest BCUT2D eigenvalue weighted by Crippen LogP contribution is 2.19. The zero-order chi connectivity index (χ0) is 14.5. The van der Waals surface area contributed by atoms with E-state index < -0.39 is 12.0 Å². The fraction of sp³-hybridized carbons (Fsp3) is 0.250. The largest absolute Gasteiger partial charge is 0.480 e. The van der Waals surface area contributed by atoms with Gasteiger partial charge in [0.15, 0.2) is 0 Å². The van der Waals surface area contributed by atoms with Crippen LogP contribution in [0.5, 0.6) is 0 Å². The minimum absolute atomic E-state index is 0.252. The molecule has 1 atom stereocenters. The van der Waals surface area contributed by atoms with E-state index in [1.54, 1.807) is 6.92 Å². The second-order valence-corrected chi connectivity index (χ2v) is 4.65. The summed E-state index contributed by atoms with van der Waals surface area (Å²) in [6, 6.07) is 12.7. The highest BCUT2D eigenvalue weighted by Gasteiger charge is 2.20. The van der Waals surface area contributed by atoms with Crippen molar-refractivity contribution in [3.63, 3.8) is 0 Å². The first kappa shape index (κ1) is 14.1. The Labute approximate surface area is 117 Å². The summed E-state index contributed by atoms with van der Waals surface area (Å²) in [5, 5.41) is 13.9. The Morgan fingerprint density at radius 1 is 1.15 bits per heavy atom. The second-order valence-electron chi connectivity index (χ2n) is 4.65. The Morgan fingerprint density at radius 2 is 1.85 bits per heavy atom. The van der Waals surface area contributed by atoms with Gasteiger partial charge in [0.1, 0.15) is 6.04 Å². The summed E-state index contributed by atoms with van der Waals surface area (Å²) in [6.07, 6.45) is 0.557. The highest BCUT2D eigenvalue weighted by molar-refractivity contribution is 5.87. The van der Waals surface area contributed by atoms with E-state index in [2.05, 4.69) is 5.32 Å². The van der Waals surface area contributed by atoms with Crippen molar-refractivity contribution in [2.45, 2.75) is 25.8 Å². The molecular weight excluding hydrogens is 254 g/mol. The van der Waals surface area contributed by atoms with Gasteiger partial charge in [-0.25, -0.2) is 4.79 Å². The zero-order valence-electron chi connectivity index (χ0n) is 11.3. The van der Waals surface area contributed by atoms with Crippen molar-refractivity contribution in [3.8, 4) is 0 Å². The van der Waals surface area contributed by atoms with E-state index in [9.17, 15) is 14.7 Å². The Balaban J connectivity index is 2.29. The van der Waals surface area contributed by atoms with Crippen LogP contribution in [0.1, 0.15) is 18.9 Å². The van der Waals surface area contributed by atoms with Gasteiger partial charge in [-0.3, -0.25) is 4.79 Å². The Bertz CT molecular complexity index is 631. The molecule has 2 aromatic carbocycles. The van der Waals surface area contributed by atoms with Crippen molar-refractivity contribution < 1.29 is 14.7 Å². The molecule has 1 amide bonds. The number of carboxylic acids is 1. The summed E-state index contributed by atoms with van der Waals surface area (Å²) in [5.41, 5.74) is 0.923. The maximum Gasteiger partial charge on any atom is 0.326 e. The number of hydrogen-bond donors (Lipinski definition) is 2. The zero-order valence-corrected chi connectivity index (χ0v) is 11.3. The van der Waals surface area contributed by atoms with Gasteiger partial charge in [0.05, 0.1) is 0 Å². The molecule has 4 heteroatoms. The molecule has 1 unspecified atom stereocenters. The molecule has 2 rings (SSSR count). The van der Waals surface area contributed by atoms with Crippen LogP contribution in [0.2, 0.25) is 0 Å². The van der Waals surface area contributed by atoms with E-state index >= 15 is 0 Å². The minimum atomic E-state index is -1.01. The lowest BCUT2D eigenvalue weighted by molar-refractivity contribution is -0.141. The summed E-state index contributed by atoms with van der Waals surface area (Å²) in [4.78, 5) is 22.7. The molecule has 4 nitrogen and oxygen atoms in total. The number of aliphatic carboxylic acids is 1. The summed E-state index contributed by atoms with van der Waals surface area (Å²) >= 11 is 0. The molecule has 0 radical (unpaired) electrons. The first-order valence-corrected chi connectivity index (χ1v) is 6.60. The molecule has 0 aliphatic heterocycles. The van der Waals surface area contributed by atoms with Crippen LogP contribution in [0.4, 0.5) is 0 Å². The number of hydrogen-bond acceptors (Lipinski definition) is 2. The molecule has 104 valence electrons. The van der Waals surface area contributed by atoms with Gasteiger partial charge < -0.3 is 10.4 Å². The Kier molecular flexibility index (Phi) is 4.35. The molecule has 0 aliphatic rings. The Morgan fingerprint density at radius 3 is 2.55 bits per heavy atom. The lowest BCUT2D eigenvalue weighted by atomic mass is 9.99. The fourth-order valence-electron chi connectivity index (χ4n) is 2.19. The molecule has 0 heterocycles. The van der Waals surface area contributed by atoms with Crippen LogP contribution in [0.15, 0.2) is 42.5 Å². The van der Waals surface area contributed by atoms with Crippen molar-refractivity contribution >= 4 is 22.6 Å². The molecule has 0 saturated heterocycles. The topological polar surface area (TPSA) is 66.4 Å². The first-order valence-electron chi connectivity index (χ1n) is 6.60. The third-order valence-corrected chi connectivity index (χ3v) is 3.26. The van der Waals surface area contributed by atoms with Gasteiger partial charge in [-0.15, -0.1) is 0 Å². The number of carboxylic acid groups (broad SMARTS) is 1. The van der Waals surface area contributed by atoms with Crippen LogP contribution in [-0.2, 0) is 16.0 Å². The number of benzene rings is 2. The maximum absolute atomic E-state index is 11.4. The molecule has 20 heavy (non-hydrogen) atoms. The van der Waals surface area contributed by atoms with E-state index in [4.69, 9.17) is 0 Å². The number of rotatable bonds is 5. The predicted octanol–water partition coefficient (Wildman–Crippen LogP) is 2.36. The van der Waals surface area contributed by atoms with Gasteiger partial charge in [0, 0.05) is 12.8 Å². The van der Waals surface area contributed by atoms with E-state index in [0.717, 1.165) is 16.3 Å². The summed E-state index contributed by atoms with van der Waals surface area (Å²) in [6.45, 7) is 1.70. The average Bonchev–Trinajstić information content (AvgIpc) is 2.46. The molecular formula is C16H17NO3. The highest BCUT2D eigenvalue weighted by atomic mass is 16.4. The second kappa shape index (κ2) is 6.19. The number of nitrogens with one attached hydrogen (secondary N) is 1. The SMILES string of the molecule is CCC(=O)NC(Cc1cccc2ccccc12)C(=O)O. The van der Waals surface area contributed by atoms with E-state index in [-0.39, 0.29) is 18.7 Å². The van der Waals surface area contributed by atoms with Crippen molar-refractivity contribution in [2.75, 3.05) is 0 Å². The quantitative estimate of drug-likeness (QED) is 0.877. The summed E-state index contributed by atoms with van der Waals surface area (Å²) in [7, 11) is 0. The first-order chi connectivity index (χ1) is 9.61. The smallest absolute Gasteiger partial charge is 0.326 e. The lowest BCUT2D eigenvalue weighted by Gasteiger charge is -2.15. The van der Waals surface area contributed by atoms with Gasteiger partial charge in [-0.05, 0) is 16.3 Å². The molecule has 2 aromatic rings. The van der Waals surface area contributed by atoms with Gasteiger partial charge in [0.2, 0.25) is 5.91 Å². The van der Waals surface area contributed by atoms with Crippen LogP contribution in [0.25, 0.3) is 10.8 Å². The van der Waals surface area contributed by atoms with Crippen molar-refractivity contribution in [1.82, 2.24) is 5.32 Å². The van der Waals surface area contributed by atoms with E-state index in [1.165, 1.54) is 0 Å². The summed E-state index contributed by atoms with van der Waals surface area (Å²) in [5.74, 6) is -1.27. The van der Waals surface area contributed by atoms with Gasteiger partial charge in [-0.1, -0.05) is 49.4 Å². The van der Waals surface area contributed by atoms with Crippen molar-refractivity contribution in [3.05, 3.63) is 48.0 Å². The molecule has 0 spiro atoms. The molecule has 0 fully saturated rings. The minimum Gasteiger partial charge on any atom is -0.480 e. The number of amides is 1. The number of fused-ring (bicyclic) bond motifs is 1. The van der Waals surface area contributed by atoms with Crippen LogP contribution in [0.3, 0.4) is 0 Å². The molecule has 0 bridgehead atoms. The third kappa shape index (κ3) is 3.15. The standard InChI is InChI=1S/C16H17NO3/c1-2-15(18)17-14(16(19)20)10-12-8-5-7-11-6-3-4-9-13(11)12/h3-9,14H,2,10H2,1H3,(H,17,18)(H,19,20). The summed E-state index contributed by atoms with van der Waals surface area (Å²) < 4.78 is 0. The molecule has 0 aromatic heterocycles. The van der Waals surface area contributed by atoms with Crippen molar-refractivity contribution in [2.24, 2.45) is 0 Å². The van der Waals surface area contributed by atoms with Gasteiger partial charge >= 0.3 is 5.97 Å². The van der Waals surface area contributed by atoms with Crippen molar-refractivity contribution in [1.29, 1.82) is 0 Å². The third-order valence-electron chi connectivity index (χ3n) is 3.26. The maximum atomic E-state index is 11.4. The van der Waals surface area contributed by atoms with Crippen LogP contribution < -0.4 is 5.32 Å². The number of carbonyl (C=O) groups is 2. The average molecular weight is 271 g/mol.